The highest BCUT2D eigenvalue weighted by molar-refractivity contribution is 5.64. The van der Waals surface area contributed by atoms with Crippen molar-refractivity contribution in [1.29, 1.82) is 0 Å². The van der Waals surface area contributed by atoms with E-state index in [1.807, 2.05) is 0 Å². The maximum atomic E-state index is 4.20. The summed E-state index contributed by atoms with van der Waals surface area (Å²) in [4.78, 5) is 2.39. The third-order valence-corrected chi connectivity index (χ3v) is 4.03. The molecule has 2 nitrogen and oxygen atoms in total. The van der Waals surface area contributed by atoms with Gasteiger partial charge in [0.2, 0.25) is 0 Å². The van der Waals surface area contributed by atoms with E-state index in [0.29, 0.717) is 12.0 Å². The lowest BCUT2D eigenvalue weighted by atomic mass is 10.0. The zero-order chi connectivity index (χ0) is 15.2. The Kier molecular flexibility index (Phi) is 5.63. The zero-order valence-corrected chi connectivity index (χ0v) is 13.6. The predicted molar refractivity (Wildman–Crippen MR) is 93.0 cm³/mol. The lowest BCUT2D eigenvalue weighted by Crippen LogP contribution is -2.39. The summed E-state index contributed by atoms with van der Waals surface area (Å²) in [5.74, 6) is 0.589. The number of likely N-dealkylation sites (tertiary alicyclic amines) is 1. The molecule has 0 unspecified atom stereocenters. The molecule has 0 atom stereocenters. The van der Waals surface area contributed by atoms with E-state index in [-0.39, 0.29) is 0 Å². The number of benzene rings is 1. The Morgan fingerprint density at radius 3 is 2.43 bits per heavy atom. The summed E-state index contributed by atoms with van der Waals surface area (Å²) in [6.45, 7) is 10.9. The molecule has 0 radical (unpaired) electrons. The molecule has 0 bridgehead atoms. The van der Waals surface area contributed by atoms with Crippen LogP contribution in [0.25, 0.3) is 11.8 Å². The highest BCUT2D eigenvalue weighted by Gasteiger charge is 2.16. The molecule has 1 aliphatic rings. The highest BCUT2D eigenvalue weighted by atomic mass is 15.1. The van der Waals surface area contributed by atoms with Gasteiger partial charge in [-0.25, -0.2) is 0 Å². The van der Waals surface area contributed by atoms with Gasteiger partial charge in [0.25, 0.3) is 0 Å². The molecule has 2 rings (SSSR count). The van der Waals surface area contributed by atoms with E-state index < -0.39 is 0 Å². The summed E-state index contributed by atoms with van der Waals surface area (Å²) in [5, 5.41) is 3.59. The van der Waals surface area contributed by atoms with Gasteiger partial charge in [-0.15, -0.1) is 0 Å². The monoisotopic (exact) mass is 284 g/mol. The summed E-state index contributed by atoms with van der Waals surface area (Å²) in [7, 11) is 2.19. The van der Waals surface area contributed by atoms with Crippen molar-refractivity contribution >= 4 is 11.8 Å². The van der Waals surface area contributed by atoms with E-state index in [1.54, 1.807) is 0 Å². The minimum atomic E-state index is 0.564. The molecule has 114 valence electrons. The van der Waals surface area contributed by atoms with Crippen molar-refractivity contribution < 1.29 is 0 Å². The number of piperidine rings is 1. The minimum Gasteiger partial charge on any atom is -0.382 e. The van der Waals surface area contributed by atoms with Crippen molar-refractivity contribution in [2.24, 2.45) is 5.92 Å². The average molecular weight is 284 g/mol. The summed E-state index contributed by atoms with van der Waals surface area (Å²) >= 11 is 0. The molecular formula is C19H28N2. The van der Waals surface area contributed by atoms with E-state index in [0.717, 1.165) is 5.70 Å². The number of hydrogen-bond donors (Lipinski definition) is 1. The lowest BCUT2D eigenvalue weighted by Gasteiger charge is -2.30. The van der Waals surface area contributed by atoms with Crippen LogP contribution in [-0.4, -0.2) is 31.1 Å². The Morgan fingerprint density at radius 2 is 1.86 bits per heavy atom. The van der Waals surface area contributed by atoms with Crippen LogP contribution in [0.4, 0.5) is 0 Å². The Bertz CT molecular complexity index is 477. The first-order valence-electron chi connectivity index (χ1n) is 7.97. The molecule has 2 heteroatoms. The summed E-state index contributed by atoms with van der Waals surface area (Å²) < 4.78 is 0. The first kappa shape index (κ1) is 15.8. The molecule has 1 aromatic carbocycles. The van der Waals surface area contributed by atoms with Gasteiger partial charge < -0.3 is 10.2 Å². The van der Waals surface area contributed by atoms with Gasteiger partial charge in [0.05, 0.1) is 0 Å². The van der Waals surface area contributed by atoms with Crippen molar-refractivity contribution in [2.75, 3.05) is 20.1 Å². The predicted octanol–water partition coefficient (Wildman–Crippen LogP) is 4.01. The second-order valence-electron chi connectivity index (χ2n) is 6.43. The Morgan fingerprint density at radius 1 is 1.24 bits per heavy atom. The number of nitrogens with one attached hydrogen (secondary N) is 1. The molecular weight excluding hydrogens is 256 g/mol. The molecule has 0 spiro atoms. The second kappa shape index (κ2) is 7.46. The molecule has 0 amide bonds. The van der Waals surface area contributed by atoms with Gasteiger partial charge in [0, 0.05) is 11.7 Å². The molecule has 21 heavy (non-hydrogen) atoms. The number of nitrogens with zero attached hydrogens (tertiary/aromatic N) is 1. The molecule has 1 fully saturated rings. The molecule has 1 heterocycles. The van der Waals surface area contributed by atoms with Gasteiger partial charge in [-0.2, -0.15) is 0 Å². The van der Waals surface area contributed by atoms with E-state index in [9.17, 15) is 0 Å². The van der Waals surface area contributed by atoms with Crippen molar-refractivity contribution in [3.05, 3.63) is 48.0 Å². The van der Waals surface area contributed by atoms with Crippen LogP contribution in [0.15, 0.2) is 36.9 Å². The Balaban J connectivity index is 1.90. The Labute approximate surface area is 129 Å². The van der Waals surface area contributed by atoms with Crippen LogP contribution in [-0.2, 0) is 0 Å². The maximum Gasteiger partial charge on any atom is 0.0342 e. The zero-order valence-electron chi connectivity index (χ0n) is 13.6. The second-order valence-corrected chi connectivity index (χ2v) is 6.43. The summed E-state index contributed by atoms with van der Waals surface area (Å²) in [6.07, 6.45) is 6.80. The smallest absolute Gasteiger partial charge is 0.0342 e. The standard InChI is InChI=1S/C19H28N2/c1-15(2)5-6-17-7-9-18(10-8-17)16(3)20-19-11-13-21(4)14-12-19/h5-10,15,19-20H,3,11-14H2,1-2,4H3/b6-5+. The average Bonchev–Trinajstić information content (AvgIpc) is 2.48. The normalized spacial score (nSPS) is 17.5. The quantitative estimate of drug-likeness (QED) is 0.879. The van der Waals surface area contributed by atoms with Crippen molar-refractivity contribution in [2.45, 2.75) is 32.7 Å². The summed E-state index contributed by atoms with van der Waals surface area (Å²) in [5.41, 5.74) is 3.49. The summed E-state index contributed by atoms with van der Waals surface area (Å²) in [6, 6.07) is 9.20. The van der Waals surface area contributed by atoms with Gasteiger partial charge in [-0.1, -0.05) is 56.8 Å². The van der Waals surface area contributed by atoms with Gasteiger partial charge in [-0.05, 0) is 50.0 Å². The van der Waals surface area contributed by atoms with Crippen LogP contribution in [0.2, 0.25) is 0 Å². The lowest BCUT2D eigenvalue weighted by molar-refractivity contribution is 0.245. The van der Waals surface area contributed by atoms with E-state index >= 15 is 0 Å². The third kappa shape index (κ3) is 5.05. The molecule has 1 saturated heterocycles. The van der Waals surface area contributed by atoms with Crippen LogP contribution >= 0.6 is 0 Å². The fourth-order valence-electron chi connectivity index (χ4n) is 2.58. The minimum absolute atomic E-state index is 0.564. The molecule has 1 aromatic rings. The van der Waals surface area contributed by atoms with Gasteiger partial charge in [0.1, 0.15) is 0 Å². The number of rotatable bonds is 5. The fourth-order valence-corrected chi connectivity index (χ4v) is 2.58. The van der Waals surface area contributed by atoms with Crippen LogP contribution in [0, 0.1) is 5.92 Å². The van der Waals surface area contributed by atoms with Crippen LogP contribution < -0.4 is 5.32 Å². The first-order valence-corrected chi connectivity index (χ1v) is 7.97. The van der Waals surface area contributed by atoms with E-state index in [4.69, 9.17) is 0 Å². The molecule has 0 aromatic heterocycles. The highest BCUT2D eigenvalue weighted by Crippen LogP contribution is 2.16. The van der Waals surface area contributed by atoms with Crippen molar-refractivity contribution in [1.82, 2.24) is 10.2 Å². The SMILES string of the molecule is C=C(NC1CCN(C)CC1)c1ccc(/C=C/C(C)C)cc1. The third-order valence-electron chi connectivity index (χ3n) is 4.03. The van der Waals surface area contributed by atoms with Crippen molar-refractivity contribution in [3.8, 4) is 0 Å². The number of hydrogen-bond acceptors (Lipinski definition) is 2. The van der Waals surface area contributed by atoms with Crippen LogP contribution in [0.1, 0.15) is 37.8 Å². The van der Waals surface area contributed by atoms with E-state index in [2.05, 4.69) is 74.1 Å². The molecule has 0 aliphatic carbocycles. The molecule has 1 N–H and O–H groups in total. The Hall–Kier alpha value is -1.54. The van der Waals surface area contributed by atoms with Crippen LogP contribution in [0.3, 0.4) is 0 Å². The fraction of sp³-hybridized carbons (Fsp3) is 0.474. The van der Waals surface area contributed by atoms with Crippen molar-refractivity contribution in [3.63, 3.8) is 0 Å². The van der Waals surface area contributed by atoms with Crippen LogP contribution in [0.5, 0.6) is 0 Å². The molecule has 0 saturated carbocycles. The van der Waals surface area contributed by atoms with E-state index in [1.165, 1.54) is 37.1 Å². The van der Waals surface area contributed by atoms with Gasteiger partial charge in [0.15, 0.2) is 0 Å². The van der Waals surface area contributed by atoms with Gasteiger partial charge >= 0.3 is 0 Å². The number of allylic oxidation sites excluding steroid dienone is 1. The van der Waals surface area contributed by atoms with Gasteiger partial charge in [-0.3, -0.25) is 0 Å². The largest absolute Gasteiger partial charge is 0.382 e. The first-order chi connectivity index (χ1) is 10.0. The maximum absolute atomic E-state index is 4.20. The topological polar surface area (TPSA) is 15.3 Å². The molecule has 1 aliphatic heterocycles.